The van der Waals surface area contributed by atoms with Crippen LogP contribution in [0.1, 0.15) is 81.3 Å². The highest BCUT2D eigenvalue weighted by Gasteiger charge is 2.52. The Morgan fingerprint density at radius 2 is 1.40 bits per heavy atom. The molecule has 4 bridgehead atoms. The largest absolute Gasteiger partial charge is 0.260 e. The van der Waals surface area contributed by atoms with Gasteiger partial charge in [0.15, 0.2) is 0 Å². The highest BCUT2D eigenvalue weighted by Crippen LogP contribution is 2.63. The van der Waals surface area contributed by atoms with Gasteiger partial charge in [-0.15, -0.1) is 17.8 Å². The zero-order valence-electron chi connectivity index (χ0n) is 25.2. The summed E-state index contributed by atoms with van der Waals surface area (Å²) in [6.07, 6.45) is 15.5. The van der Waals surface area contributed by atoms with Gasteiger partial charge in [-0.1, -0.05) is 69.0 Å². The van der Waals surface area contributed by atoms with Crippen LogP contribution in [0, 0.1) is 23.2 Å². The van der Waals surface area contributed by atoms with Gasteiger partial charge in [-0.3, -0.25) is 9.97 Å². The van der Waals surface area contributed by atoms with Gasteiger partial charge in [-0.25, -0.2) is 0 Å². The summed E-state index contributed by atoms with van der Waals surface area (Å²) in [4.78, 5) is 9.84. The molecule has 0 spiro atoms. The molecule has 7 rings (SSSR count). The van der Waals surface area contributed by atoms with Crippen molar-refractivity contribution in [3.63, 3.8) is 0 Å². The highest BCUT2D eigenvalue weighted by molar-refractivity contribution is 7.39. The van der Waals surface area contributed by atoms with E-state index in [9.17, 15) is 0 Å². The number of rotatable bonds is 9. The Kier molecular flexibility index (Phi) is 7.68. The number of hydrogen-bond acceptors (Lipinski definition) is 2. The maximum atomic E-state index is 4.92. The van der Waals surface area contributed by atoms with Gasteiger partial charge in [0, 0.05) is 12.4 Å². The molecule has 2 atom stereocenters. The Balaban J connectivity index is 1.35. The van der Waals surface area contributed by atoms with Crippen LogP contribution in [0.5, 0.6) is 0 Å². The SMILES string of the molecule is CC(C)(CC12CC3CC(CC(C3)C1)C2)PCc1ccc([Si](C)(C)C)cc1C(P)(c1ccccn1)c1ccccn1. The quantitative estimate of drug-likeness (QED) is 0.185. The van der Waals surface area contributed by atoms with Crippen LogP contribution in [-0.2, 0) is 11.3 Å². The maximum Gasteiger partial charge on any atom is 0.0935 e. The fourth-order valence-corrected chi connectivity index (χ4v) is 12.3. The normalized spacial score (nSPS) is 26.6. The smallest absolute Gasteiger partial charge is 0.0935 e. The second-order valence-electron chi connectivity index (χ2n) is 15.2. The Hall–Kier alpha value is -1.40. The van der Waals surface area contributed by atoms with Gasteiger partial charge in [0.1, 0.15) is 0 Å². The summed E-state index contributed by atoms with van der Waals surface area (Å²) in [6.45, 7) is 12.5. The van der Waals surface area contributed by atoms with Crippen molar-refractivity contribution in [1.29, 1.82) is 0 Å². The summed E-state index contributed by atoms with van der Waals surface area (Å²) in [5, 5.41) is 1.38. The second-order valence-corrected chi connectivity index (χ2v) is 23.2. The molecule has 40 heavy (non-hydrogen) atoms. The molecule has 2 heterocycles. The van der Waals surface area contributed by atoms with E-state index < -0.39 is 13.2 Å². The topological polar surface area (TPSA) is 25.8 Å². The molecule has 0 radical (unpaired) electrons. The van der Waals surface area contributed by atoms with E-state index in [-0.39, 0.29) is 0 Å². The fourth-order valence-electron chi connectivity index (χ4n) is 9.00. The van der Waals surface area contributed by atoms with Crippen LogP contribution in [0.3, 0.4) is 0 Å². The minimum atomic E-state index is -1.52. The lowest BCUT2D eigenvalue weighted by Gasteiger charge is -2.58. The predicted molar refractivity (Wildman–Crippen MR) is 179 cm³/mol. The number of hydrogen-bond donors (Lipinski definition) is 0. The van der Waals surface area contributed by atoms with Crippen molar-refractivity contribution in [2.75, 3.05) is 0 Å². The maximum absolute atomic E-state index is 4.92. The van der Waals surface area contributed by atoms with Crippen molar-refractivity contribution in [2.45, 2.75) is 94.9 Å². The van der Waals surface area contributed by atoms with Crippen molar-refractivity contribution in [1.82, 2.24) is 9.97 Å². The zero-order chi connectivity index (χ0) is 28.2. The molecule has 2 aromatic heterocycles. The van der Waals surface area contributed by atoms with E-state index in [1.165, 1.54) is 61.3 Å². The molecular weight excluding hydrogens is 538 g/mol. The average molecular weight is 587 g/mol. The standard InChI is InChI=1S/C35H48N2P2Si/c1-33(2,24-34-20-25-16-26(21-34)18-27(17-25)22-34)39-23-28-12-13-29(40(3,4)5)19-30(28)35(38,31-10-6-8-14-36-31)32-11-7-9-15-37-32/h6-15,19,25-27,39H,16-18,20-24,38H2,1-5H3. The zero-order valence-corrected chi connectivity index (χ0v) is 28.4. The average Bonchev–Trinajstić information content (AvgIpc) is 2.90. The summed E-state index contributed by atoms with van der Waals surface area (Å²) in [5.41, 5.74) is 5.55. The Morgan fingerprint density at radius 3 is 1.88 bits per heavy atom. The molecule has 2 unspecified atom stereocenters. The lowest BCUT2D eigenvalue weighted by molar-refractivity contribution is -0.0609. The van der Waals surface area contributed by atoms with Crippen LogP contribution in [0.2, 0.25) is 19.6 Å². The van der Waals surface area contributed by atoms with Crippen molar-refractivity contribution in [2.24, 2.45) is 23.2 Å². The Morgan fingerprint density at radius 1 is 0.850 bits per heavy atom. The first kappa shape index (κ1) is 28.7. The number of nitrogens with zero attached hydrogens (tertiary/aromatic N) is 2. The molecular formula is C35H48N2P2Si. The molecule has 0 N–H and O–H groups in total. The van der Waals surface area contributed by atoms with Gasteiger partial charge in [-0.2, -0.15) is 0 Å². The molecule has 212 valence electrons. The monoisotopic (exact) mass is 586 g/mol. The molecule has 4 aliphatic rings. The summed E-state index contributed by atoms with van der Waals surface area (Å²) < 4.78 is 0. The third-order valence-electron chi connectivity index (χ3n) is 10.3. The Bertz CT molecular complexity index is 1260. The van der Waals surface area contributed by atoms with E-state index in [0.29, 0.717) is 10.6 Å². The van der Waals surface area contributed by atoms with Crippen LogP contribution in [0.4, 0.5) is 0 Å². The van der Waals surface area contributed by atoms with E-state index in [4.69, 9.17) is 9.97 Å². The molecule has 3 aromatic rings. The molecule has 0 aliphatic heterocycles. The highest BCUT2D eigenvalue weighted by atomic mass is 31.1. The van der Waals surface area contributed by atoms with Gasteiger partial charge in [-0.05, 0) is 115 Å². The van der Waals surface area contributed by atoms with Gasteiger partial charge in [0.05, 0.1) is 24.6 Å². The van der Waals surface area contributed by atoms with Gasteiger partial charge < -0.3 is 0 Å². The first-order valence-corrected chi connectivity index (χ1v) is 20.8. The van der Waals surface area contributed by atoms with E-state index in [1.807, 2.05) is 24.5 Å². The van der Waals surface area contributed by atoms with Crippen LogP contribution >= 0.6 is 17.8 Å². The lowest BCUT2D eigenvalue weighted by Crippen LogP contribution is -2.48. The first-order chi connectivity index (χ1) is 19.0. The van der Waals surface area contributed by atoms with Crippen LogP contribution in [0.25, 0.3) is 0 Å². The third-order valence-corrected chi connectivity index (χ3v) is 14.9. The number of benzene rings is 1. The summed E-state index contributed by atoms with van der Waals surface area (Å²) >= 11 is 0. The van der Waals surface area contributed by atoms with E-state index in [1.54, 1.807) is 0 Å². The molecule has 5 heteroatoms. The molecule has 4 saturated carbocycles. The first-order valence-electron chi connectivity index (χ1n) is 15.5. The van der Waals surface area contributed by atoms with E-state index in [2.05, 4.69) is 85.2 Å². The second kappa shape index (κ2) is 10.7. The van der Waals surface area contributed by atoms with Gasteiger partial charge in [0.25, 0.3) is 0 Å². The number of aromatic nitrogens is 2. The Labute approximate surface area is 248 Å². The minimum absolute atomic E-state index is 0.361. The fraction of sp³-hybridized carbons (Fsp3) is 0.543. The summed E-state index contributed by atoms with van der Waals surface area (Å²) in [6, 6.07) is 20.0. The van der Waals surface area contributed by atoms with Crippen molar-refractivity contribution < 1.29 is 0 Å². The molecule has 0 amide bonds. The molecule has 1 aromatic carbocycles. The molecule has 4 fully saturated rings. The lowest BCUT2D eigenvalue weighted by atomic mass is 9.48. The predicted octanol–water partition coefficient (Wildman–Crippen LogP) is 8.75. The van der Waals surface area contributed by atoms with Crippen molar-refractivity contribution >= 4 is 31.1 Å². The summed E-state index contributed by atoms with van der Waals surface area (Å²) in [7, 11) is 2.60. The summed E-state index contributed by atoms with van der Waals surface area (Å²) in [5.74, 6) is 3.08. The van der Waals surface area contributed by atoms with Crippen molar-refractivity contribution in [3.8, 4) is 0 Å². The molecule has 2 nitrogen and oxygen atoms in total. The van der Waals surface area contributed by atoms with Crippen molar-refractivity contribution in [3.05, 3.63) is 89.5 Å². The van der Waals surface area contributed by atoms with E-state index in [0.717, 1.165) is 43.9 Å². The van der Waals surface area contributed by atoms with Gasteiger partial charge in [0.2, 0.25) is 0 Å². The van der Waals surface area contributed by atoms with Crippen LogP contribution < -0.4 is 5.19 Å². The van der Waals surface area contributed by atoms with Crippen LogP contribution in [-0.4, -0.2) is 23.2 Å². The minimum Gasteiger partial charge on any atom is -0.260 e. The molecule has 0 saturated heterocycles. The molecule has 4 aliphatic carbocycles. The van der Waals surface area contributed by atoms with Crippen LogP contribution in [0.15, 0.2) is 67.0 Å². The van der Waals surface area contributed by atoms with E-state index >= 15 is 0 Å². The number of pyridine rings is 2. The third kappa shape index (κ3) is 5.65. The van der Waals surface area contributed by atoms with Gasteiger partial charge >= 0.3 is 0 Å².